The SMILES string of the molecule is CC[N+]1(C)CCC2(CCN(c3ccccn3)CC2)C1. The van der Waals surface area contributed by atoms with Crippen molar-refractivity contribution in [3.05, 3.63) is 24.4 Å². The van der Waals surface area contributed by atoms with Crippen LogP contribution in [-0.4, -0.2) is 49.2 Å². The second-order valence-corrected chi connectivity index (χ2v) is 6.74. The molecule has 0 aromatic carbocycles. The number of anilines is 1. The summed E-state index contributed by atoms with van der Waals surface area (Å²) in [5.74, 6) is 1.16. The first kappa shape index (κ1) is 12.9. The van der Waals surface area contributed by atoms with E-state index < -0.39 is 0 Å². The number of nitrogens with zero attached hydrogens (tertiary/aromatic N) is 3. The maximum atomic E-state index is 4.48. The first-order chi connectivity index (χ1) is 9.15. The van der Waals surface area contributed by atoms with Crippen molar-refractivity contribution < 1.29 is 4.48 Å². The number of piperidine rings is 1. The predicted molar refractivity (Wildman–Crippen MR) is 79.2 cm³/mol. The van der Waals surface area contributed by atoms with Gasteiger partial charge in [0.2, 0.25) is 0 Å². The van der Waals surface area contributed by atoms with Gasteiger partial charge in [-0.2, -0.15) is 0 Å². The Morgan fingerprint density at radius 3 is 2.63 bits per heavy atom. The molecule has 0 radical (unpaired) electrons. The van der Waals surface area contributed by atoms with E-state index in [-0.39, 0.29) is 0 Å². The van der Waals surface area contributed by atoms with Gasteiger partial charge in [-0.15, -0.1) is 0 Å². The number of rotatable bonds is 2. The average Bonchev–Trinajstić information content (AvgIpc) is 2.79. The lowest BCUT2D eigenvalue weighted by Gasteiger charge is -2.40. The second-order valence-electron chi connectivity index (χ2n) is 6.74. The Bertz CT molecular complexity index is 423. The molecule has 2 aliphatic rings. The summed E-state index contributed by atoms with van der Waals surface area (Å²) in [7, 11) is 2.43. The molecule has 0 bridgehead atoms. The van der Waals surface area contributed by atoms with Gasteiger partial charge < -0.3 is 9.38 Å². The van der Waals surface area contributed by atoms with Gasteiger partial charge >= 0.3 is 0 Å². The van der Waals surface area contributed by atoms with Crippen LogP contribution in [0.1, 0.15) is 26.2 Å². The van der Waals surface area contributed by atoms with Crippen molar-refractivity contribution in [2.45, 2.75) is 26.2 Å². The number of hydrogen-bond acceptors (Lipinski definition) is 2. The lowest BCUT2D eigenvalue weighted by molar-refractivity contribution is -0.899. The maximum Gasteiger partial charge on any atom is 0.128 e. The van der Waals surface area contributed by atoms with Gasteiger partial charge in [-0.3, -0.25) is 0 Å². The number of aromatic nitrogens is 1. The van der Waals surface area contributed by atoms with E-state index in [9.17, 15) is 0 Å². The molecule has 19 heavy (non-hydrogen) atoms. The lowest BCUT2D eigenvalue weighted by atomic mass is 9.77. The van der Waals surface area contributed by atoms with Crippen molar-refractivity contribution in [2.75, 3.05) is 44.7 Å². The molecule has 1 aromatic rings. The van der Waals surface area contributed by atoms with Gasteiger partial charge in [0.15, 0.2) is 0 Å². The minimum absolute atomic E-state index is 0.621. The van der Waals surface area contributed by atoms with Gasteiger partial charge in [0.1, 0.15) is 5.82 Å². The van der Waals surface area contributed by atoms with E-state index in [1.807, 2.05) is 12.3 Å². The molecule has 3 nitrogen and oxygen atoms in total. The smallest absolute Gasteiger partial charge is 0.128 e. The molecule has 0 aliphatic carbocycles. The third-order valence-corrected chi connectivity index (χ3v) is 5.46. The topological polar surface area (TPSA) is 16.1 Å². The van der Waals surface area contributed by atoms with E-state index in [4.69, 9.17) is 0 Å². The van der Waals surface area contributed by atoms with E-state index in [0.717, 1.165) is 5.82 Å². The largest absolute Gasteiger partial charge is 0.357 e. The highest BCUT2D eigenvalue weighted by Crippen LogP contribution is 2.43. The predicted octanol–water partition coefficient (Wildman–Crippen LogP) is 2.54. The summed E-state index contributed by atoms with van der Waals surface area (Å²) in [5, 5.41) is 0. The molecule has 2 fully saturated rings. The molecule has 1 aromatic heterocycles. The van der Waals surface area contributed by atoms with Gasteiger partial charge in [-0.25, -0.2) is 4.98 Å². The Balaban J connectivity index is 1.64. The zero-order chi connectivity index (χ0) is 13.3. The van der Waals surface area contributed by atoms with E-state index in [0.29, 0.717) is 5.41 Å². The molecule has 2 saturated heterocycles. The molecule has 1 atom stereocenters. The summed E-state index contributed by atoms with van der Waals surface area (Å²) in [6.45, 7) is 8.74. The summed E-state index contributed by atoms with van der Waals surface area (Å²) in [6, 6.07) is 6.22. The molecular weight excluding hydrogens is 234 g/mol. The van der Waals surface area contributed by atoms with E-state index in [1.54, 1.807) is 0 Å². The number of pyridine rings is 1. The van der Waals surface area contributed by atoms with Crippen LogP contribution in [0.3, 0.4) is 0 Å². The van der Waals surface area contributed by atoms with Crippen molar-refractivity contribution >= 4 is 5.82 Å². The minimum Gasteiger partial charge on any atom is -0.357 e. The van der Waals surface area contributed by atoms with Crippen LogP contribution in [0.15, 0.2) is 24.4 Å². The molecule has 0 amide bonds. The maximum absolute atomic E-state index is 4.48. The molecule has 0 saturated carbocycles. The number of likely N-dealkylation sites (tertiary alicyclic amines) is 1. The molecule has 2 aliphatic heterocycles. The van der Waals surface area contributed by atoms with E-state index >= 15 is 0 Å². The first-order valence-electron chi connectivity index (χ1n) is 7.64. The molecule has 1 spiro atoms. The monoisotopic (exact) mass is 260 g/mol. The highest BCUT2D eigenvalue weighted by atomic mass is 15.4. The first-order valence-corrected chi connectivity index (χ1v) is 7.64. The average molecular weight is 260 g/mol. The molecule has 1 unspecified atom stereocenters. The minimum atomic E-state index is 0.621. The molecule has 3 rings (SSSR count). The Labute approximate surface area is 116 Å². The fourth-order valence-electron chi connectivity index (χ4n) is 3.90. The van der Waals surface area contributed by atoms with Crippen LogP contribution in [0, 0.1) is 5.41 Å². The van der Waals surface area contributed by atoms with Crippen molar-refractivity contribution in [2.24, 2.45) is 5.41 Å². The fourth-order valence-corrected chi connectivity index (χ4v) is 3.90. The summed E-state index contributed by atoms with van der Waals surface area (Å²) in [6.07, 6.45) is 6.02. The highest BCUT2D eigenvalue weighted by Gasteiger charge is 2.47. The van der Waals surface area contributed by atoms with Crippen molar-refractivity contribution in [1.82, 2.24) is 4.98 Å². The number of hydrogen-bond donors (Lipinski definition) is 0. The van der Waals surface area contributed by atoms with E-state index in [1.165, 1.54) is 56.5 Å². The second kappa shape index (κ2) is 4.78. The van der Waals surface area contributed by atoms with Crippen molar-refractivity contribution in [3.8, 4) is 0 Å². The van der Waals surface area contributed by atoms with Crippen LogP contribution in [0.25, 0.3) is 0 Å². The van der Waals surface area contributed by atoms with Crippen LogP contribution in [0.2, 0.25) is 0 Å². The lowest BCUT2D eigenvalue weighted by Crippen LogP contribution is -2.46. The molecule has 0 N–H and O–H groups in total. The molecule has 104 valence electrons. The van der Waals surface area contributed by atoms with Gasteiger partial charge in [0.25, 0.3) is 0 Å². The van der Waals surface area contributed by atoms with Gasteiger partial charge in [-0.05, 0) is 31.9 Å². The zero-order valence-corrected chi connectivity index (χ0v) is 12.3. The van der Waals surface area contributed by atoms with E-state index in [2.05, 4.69) is 36.0 Å². The quantitative estimate of drug-likeness (QED) is 0.760. The van der Waals surface area contributed by atoms with Gasteiger partial charge in [0.05, 0.1) is 26.7 Å². The van der Waals surface area contributed by atoms with Gasteiger partial charge in [0, 0.05) is 31.1 Å². The van der Waals surface area contributed by atoms with Crippen LogP contribution < -0.4 is 4.90 Å². The summed E-state index contributed by atoms with van der Waals surface area (Å²) in [5.41, 5.74) is 0.621. The fraction of sp³-hybridized carbons (Fsp3) is 0.688. The van der Waals surface area contributed by atoms with Gasteiger partial charge in [-0.1, -0.05) is 6.07 Å². The molecule has 3 heterocycles. The standard InChI is InChI=1S/C16H26N3/c1-3-19(2)13-9-16(14-19)7-11-18(12-8-16)15-6-4-5-10-17-15/h4-6,10H,3,7-9,11-14H2,1-2H3/q+1. The Hall–Kier alpha value is -1.09. The molecular formula is C16H26N3+. The Morgan fingerprint density at radius 1 is 1.26 bits per heavy atom. The summed E-state index contributed by atoms with van der Waals surface area (Å²) in [4.78, 5) is 6.94. The zero-order valence-electron chi connectivity index (χ0n) is 12.3. The summed E-state index contributed by atoms with van der Waals surface area (Å²) >= 11 is 0. The molecule has 3 heteroatoms. The third-order valence-electron chi connectivity index (χ3n) is 5.46. The highest BCUT2D eigenvalue weighted by molar-refractivity contribution is 5.38. The van der Waals surface area contributed by atoms with Crippen molar-refractivity contribution in [3.63, 3.8) is 0 Å². The number of quaternary nitrogens is 1. The summed E-state index contributed by atoms with van der Waals surface area (Å²) < 4.78 is 1.28. The third kappa shape index (κ3) is 2.48. The van der Waals surface area contributed by atoms with Crippen LogP contribution in [0.5, 0.6) is 0 Å². The Morgan fingerprint density at radius 2 is 2.05 bits per heavy atom. The van der Waals surface area contributed by atoms with Crippen LogP contribution in [0.4, 0.5) is 5.82 Å². The normalized spacial score (nSPS) is 29.9. The Kier molecular flexibility index (Phi) is 3.25. The van der Waals surface area contributed by atoms with Crippen LogP contribution >= 0.6 is 0 Å². The van der Waals surface area contributed by atoms with Crippen molar-refractivity contribution in [1.29, 1.82) is 0 Å². The van der Waals surface area contributed by atoms with Crippen LogP contribution in [-0.2, 0) is 0 Å².